The molecule has 6 nitrogen and oxygen atoms in total. The Balaban J connectivity index is 1.98. The Labute approximate surface area is 139 Å². The summed E-state index contributed by atoms with van der Waals surface area (Å²) in [5, 5.41) is 5.43. The number of fused-ring (bicyclic) bond motifs is 1. The predicted octanol–water partition coefficient (Wildman–Crippen LogP) is 3.53. The number of nitrogens with one attached hydrogen (secondary N) is 2. The summed E-state index contributed by atoms with van der Waals surface area (Å²) < 4.78 is 5.98. The summed E-state index contributed by atoms with van der Waals surface area (Å²) in [5.41, 5.74) is 7.07. The fraction of sp³-hybridized carbons (Fsp3) is 0.278. The van der Waals surface area contributed by atoms with Gasteiger partial charge < -0.3 is 4.42 Å². The number of H-pyrrole nitrogens is 1. The first-order valence-electron chi connectivity index (χ1n) is 7.88. The average Bonchev–Trinajstić information content (AvgIpc) is 2.89. The molecule has 0 saturated heterocycles. The van der Waals surface area contributed by atoms with Crippen molar-refractivity contribution in [3.05, 3.63) is 57.2 Å². The minimum absolute atomic E-state index is 0.216. The molecular formula is C18H20N4O2. The molecule has 0 unspecified atom stereocenters. The highest BCUT2D eigenvalue weighted by atomic mass is 16.3. The fourth-order valence-corrected chi connectivity index (χ4v) is 2.73. The molecule has 0 amide bonds. The van der Waals surface area contributed by atoms with Crippen LogP contribution in [0.2, 0.25) is 0 Å². The van der Waals surface area contributed by atoms with E-state index in [4.69, 9.17) is 4.42 Å². The van der Waals surface area contributed by atoms with E-state index in [1.54, 1.807) is 6.92 Å². The van der Waals surface area contributed by atoms with Gasteiger partial charge in [0, 0.05) is 22.7 Å². The minimum atomic E-state index is -0.216. The monoisotopic (exact) mass is 324 g/mol. The summed E-state index contributed by atoms with van der Waals surface area (Å²) in [6, 6.07) is 7.56. The maximum Gasteiger partial charge on any atom is 0.252 e. The Kier molecular flexibility index (Phi) is 4.20. The van der Waals surface area contributed by atoms with Crippen molar-refractivity contribution in [2.75, 3.05) is 5.43 Å². The molecule has 0 atom stereocenters. The van der Waals surface area contributed by atoms with E-state index in [9.17, 15) is 4.79 Å². The molecule has 1 aromatic carbocycles. The molecule has 0 spiro atoms. The second kappa shape index (κ2) is 6.31. The molecule has 0 radical (unpaired) electrons. The Hall–Kier alpha value is -2.89. The highest BCUT2D eigenvalue weighted by molar-refractivity contribution is 6.02. The van der Waals surface area contributed by atoms with Crippen molar-refractivity contribution in [1.82, 2.24) is 9.97 Å². The second-order valence-corrected chi connectivity index (χ2v) is 5.81. The first-order chi connectivity index (χ1) is 11.5. The van der Waals surface area contributed by atoms with Gasteiger partial charge in [0.15, 0.2) is 5.76 Å². The van der Waals surface area contributed by atoms with Gasteiger partial charge in [-0.25, -0.2) is 10.4 Å². The second-order valence-electron chi connectivity index (χ2n) is 5.81. The third kappa shape index (κ3) is 3.08. The van der Waals surface area contributed by atoms with E-state index in [1.165, 1.54) is 11.6 Å². The first-order valence-corrected chi connectivity index (χ1v) is 7.88. The molecule has 0 saturated carbocycles. The standard InChI is InChI=1S/C18H20N4O2/c1-5-13-14-8-10(2)6-7-15(14)24-17(13)12(4)21-22-18-19-11(3)9-16(23)20-18/h6-9H,5H2,1-4H3,(H2,19,20,22,23)/b21-12-. The lowest BCUT2D eigenvalue weighted by Crippen LogP contribution is -2.11. The molecule has 0 bridgehead atoms. The van der Waals surface area contributed by atoms with Gasteiger partial charge in [0.25, 0.3) is 5.56 Å². The van der Waals surface area contributed by atoms with Crippen molar-refractivity contribution in [2.45, 2.75) is 34.1 Å². The van der Waals surface area contributed by atoms with Gasteiger partial charge in [0.05, 0.1) is 0 Å². The van der Waals surface area contributed by atoms with Crippen LogP contribution < -0.4 is 11.0 Å². The third-order valence-electron chi connectivity index (χ3n) is 3.83. The lowest BCUT2D eigenvalue weighted by atomic mass is 10.0. The molecule has 0 fully saturated rings. The van der Waals surface area contributed by atoms with Gasteiger partial charge in [-0.1, -0.05) is 18.6 Å². The van der Waals surface area contributed by atoms with Crippen molar-refractivity contribution in [2.24, 2.45) is 5.10 Å². The molecule has 6 heteroatoms. The summed E-state index contributed by atoms with van der Waals surface area (Å²) in [4.78, 5) is 18.3. The van der Waals surface area contributed by atoms with Gasteiger partial charge in [0.2, 0.25) is 5.95 Å². The normalized spacial score (nSPS) is 11.9. The molecule has 2 N–H and O–H groups in total. The number of aryl methyl sites for hydroxylation is 3. The Bertz CT molecular complexity index is 982. The molecule has 0 aliphatic carbocycles. The van der Waals surface area contributed by atoms with Crippen LogP contribution in [0.1, 0.15) is 36.4 Å². The Morgan fingerprint density at radius 1 is 1.33 bits per heavy atom. The molecule has 2 heterocycles. The van der Waals surface area contributed by atoms with Gasteiger partial charge in [-0.05, 0) is 39.3 Å². The predicted molar refractivity (Wildman–Crippen MR) is 95.8 cm³/mol. The molecule has 0 aliphatic heterocycles. The summed E-state index contributed by atoms with van der Waals surface area (Å²) in [7, 11) is 0. The van der Waals surface area contributed by atoms with E-state index in [0.717, 1.165) is 28.7 Å². The summed E-state index contributed by atoms with van der Waals surface area (Å²) in [6.45, 7) is 7.78. The zero-order valence-electron chi connectivity index (χ0n) is 14.2. The lowest BCUT2D eigenvalue weighted by Gasteiger charge is -2.03. The van der Waals surface area contributed by atoms with Crippen LogP contribution >= 0.6 is 0 Å². The zero-order valence-corrected chi connectivity index (χ0v) is 14.2. The Morgan fingerprint density at radius 3 is 2.83 bits per heavy atom. The summed E-state index contributed by atoms with van der Waals surface area (Å²) >= 11 is 0. The first kappa shape index (κ1) is 16.0. The van der Waals surface area contributed by atoms with Crippen molar-refractivity contribution >= 4 is 22.6 Å². The molecular weight excluding hydrogens is 304 g/mol. The largest absolute Gasteiger partial charge is 0.454 e. The van der Waals surface area contributed by atoms with E-state index in [1.807, 2.05) is 19.1 Å². The molecule has 0 aliphatic rings. The molecule has 24 heavy (non-hydrogen) atoms. The maximum absolute atomic E-state index is 11.5. The van der Waals surface area contributed by atoms with Crippen LogP contribution in [0.3, 0.4) is 0 Å². The van der Waals surface area contributed by atoms with E-state index < -0.39 is 0 Å². The van der Waals surface area contributed by atoms with Crippen molar-refractivity contribution in [3.8, 4) is 0 Å². The van der Waals surface area contributed by atoms with Crippen LogP contribution in [0.4, 0.5) is 5.95 Å². The number of furan rings is 1. The highest BCUT2D eigenvalue weighted by Crippen LogP contribution is 2.28. The van der Waals surface area contributed by atoms with Gasteiger partial charge in [-0.3, -0.25) is 9.78 Å². The molecule has 3 rings (SSSR count). The van der Waals surface area contributed by atoms with E-state index in [2.05, 4.69) is 40.4 Å². The van der Waals surface area contributed by atoms with Crippen LogP contribution in [0, 0.1) is 13.8 Å². The van der Waals surface area contributed by atoms with Crippen molar-refractivity contribution in [3.63, 3.8) is 0 Å². The number of aromatic amines is 1. The highest BCUT2D eigenvalue weighted by Gasteiger charge is 2.15. The van der Waals surface area contributed by atoms with Gasteiger partial charge in [-0.15, -0.1) is 0 Å². The van der Waals surface area contributed by atoms with E-state index in [-0.39, 0.29) is 5.56 Å². The van der Waals surface area contributed by atoms with Crippen molar-refractivity contribution < 1.29 is 4.42 Å². The maximum atomic E-state index is 11.5. The van der Waals surface area contributed by atoms with Gasteiger partial charge in [-0.2, -0.15) is 5.10 Å². The SMILES string of the molecule is CCc1c(/C(C)=N\Nc2nc(C)cc(=O)[nH]2)oc2ccc(C)cc12. The van der Waals surface area contributed by atoms with Crippen LogP contribution in [-0.4, -0.2) is 15.7 Å². The molecule has 124 valence electrons. The van der Waals surface area contributed by atoms with E-state index >= 15 is 0 Å². The number of hydrogen-bond donors (Lipinski definition) is 2. The summed E-state index contributed by atoms with van der Waals surface area (Å²) in [5.74, 6) is 1.06. The quantitative estimate of drug-likeness (QED) is 0.568. The Morgan fingerprint density at radius 2 is 2.12 bits per heavy atom. The van der Waals surface area contributed by atoms with Crippen LogP contribution in [0.15, 0.2) is 38.6 Å². The number of nitrogens with zero attached hydrogens (tertiary/aromatic N) is 2. The van der Waals surface area contributed by atoms with Gasteiger partial charge >= 0.3 is 0 Å². The average molecular weight is 324 g/mol. The zero-order chi connectivity index (χ0) is 17.3. The number of aromatic nitrogens is 2. The van der Waals surface area contributed by atoms with Crippen LogP contribution in [0.5, 0.6) is 0 Å². The third-order valence-corrected chi connectivity index (χ3v) is 3.83. The number of hydrogen-bond acceptors (Lipinski definition) is 5. The summed E-state index contributed by atoms with van der Waals surface area (Å²) in [6.07, 6.45) is 0.845. The van der Waals surface area contributed by atoms with Gasteiger partial charge in [0.1, 0.15) is 11.3 Å². The minimum Gasteiger partial charge on any atom is -0.454 e. The lowest BCUT2D eigenvalue weighted by molar-refractivity contribution is 0.599. The number of anilines is 1. The smallest absolute Gasteiger partial charge is 0.252 e. The number of hydrazone groups is 1. The molecule has 3 aromatic rings. The fourth-order valence-electron chi connectivity index (χ4n) is 2.73. The number of benzene rings is 1. The van der Waals surface area contributed by atoms with E-state index in [0.29, 0.717) is 17.4 Å². The van der Waals surface area contributed by atoms with Crippen molar-refractivity contribution in [1.29, 1.82) is 0 Å². The topological polar surface area (TPSA) is 83.3 Å². The number of rotatable bonds is 4. The van der Waals surface area contributed by atoms with Crippen LogP contribution in [-0.2, 0) is 6.42 Å². The van der Waals surface area contributed by atoms with Crippen LogP contribution in [0.25, 0.3) is 11.0 Å². The molecule has 2 aromatic heterocycles.